The Labute approximate surface area is 129 Å². The molecule has 1 fully saturated rings. The fourth-order valence-electron chi connectivity index (χ4n) is 2.62. The number of Topliss-reactive ketones (excluding diaryl/α,β-unsaturated/α-hetero) is 1. The standard InChI is InChI=1S/C15H28BNO3Si/c1-16(20)17-13(9-8-11-15(17)19)14(18)10-6-5-7-12-21(2,3)4/h5,7,13,20H,6,8-12H2,1-4H3/t13-/m0/s1. The molecule has 1 N–H and O–H groups in total. The first-order valence-corrected chi connectivity index (χ1v) is 11.6. The molecule has 1 aliphatic rings. The molecule has 0 aromatic heterocycles. The Morgan fingerprint density at radius 1 is 1.43 bits per heavy atom. The van der Waals surface area contributed by atoms with Crippen molar-refractivity contribution < 1.29 is 14.6 Å². The third-order valence-corrected chi connectivity index (χ3v) is 5.18. The number of hydrogen-bond acceptors (Lipinski definition) is 3. The van der Waals surface area contributed by atoms with E-state index in [0.717, 1.165) is 18.9 Å². The number of carbonyl (C=O) groups excluding carboxylic acids is 2. The van der Waals surface area contributed by atoms with Crippen LogP contribution in [0.3, 0.4) is 0 Å². The summed E-state index contributed by atoms with van der Waals surface area (Å²) in [6.45, 7) is 8.50. The highest BCUT2D eigenvalue weighted by molar-refractivity contribution is 6.76. The maximum atomic E-state index is 12.3. The third kappa shape index (κ3) is 6.18. The van der Waals surface area contributed by atoms with Crippen LogP contribution in [-0.2, 0) is 9.59 Å². The van der Waals surface area contributed by atoms with E-state index in [2.05, 4.69) is 31.8 Å². The molecule has 0 bridgehead atoms. The van der Waals surface area contributed by atoms with Crippen LogP contribution in [-0.4, -0.2) is 42.7 Å². The van der Waals surface area contributed by atoms with Crippen molar-refractivity contribution in [3.05, 3.63) is 12.2 Å². The minimum Gasteiger partial charge on any atom is -0.432 e. The molecule has 6 heteroatoms. The van der Waals surface area contributed by atoms with E-state index < -0.39 is 21.2 Å². The molecule has 1 heterocycles. The molecule has 0 aromatic carbocycles. The van der Waals surface area contributed by atoms with E-state index in [1.54, 1.807) is 6.82 Å². The van der Waals surface area contributed by atoms with E-state index in [1.807, 2.05) is 0 Å². The van der Waals surface area contributed by atoms with Gasteiger partial charge in [0.25, 0.3) is 0 Å². The number of hydrogen-bond donors (Lipinski definition) is 1. The first kappa shape index (κ1) is 18.2. The molecule has 0 unspecified atom stereocenters. The molecule has 21 heavy (non-hydrogen) atoms. The van der Waals surface area contributed by atoms with Crippen molar-refractivity contribution in [3.63, 3.8) is 0 Å². The number of carbonyl (C=O) groups is 2. The van der Waals surface area contributed by atoms with Gasteiger partial charge in [0.15, 0.2) is 5.78 Å². The Bertz CT molecular complexity index is 404. The summed E-state index contributed by atoms with van der Waals surface area (Å²) in [5.74, 6) is -0.0366. The van der Waals surface area contributed by atoms with Gasteiger partial charge in [-0.15, -0.1) is 0 Å². The Hall–Kier alpha value is -0.878. The maximum absolute atomic E-state index is 12.3. The van der Waals surface area contributed by atoms with Gasteiger partial charge in [-0.3, -0.25) is 9.59 Å². The lowest BCUT2D eigenvalue weighted by Crippen LogP contribution is -2.54. The van der Waals surface area contributed by atoms with Crippen LogP contribution in [0.15, 0.2) is 12.2 Å². The molecule has 118 valence electrons. The molecule has 1 aliphatic heterocycles. The van der Waals surface area contributed by atoms with Gasteiger partial charge in [0.1, 0.15) is 0 Å². The number of allylic oxidation sites excluding steroid dienone is 2. The quantitative estimate of drug-likeness (QED) is 0.581. The number of amides is 1. The molecule has 1 amide bonds. The highest BCUT2D eigenvalue weighted by Crippen LogP contribution is 2.21. The summed E-state index contributed by atoms with van der Waals surface area (Å²) in [4.78, 5) is 25.5. The molecule has 0 spiro atoms. The van der Waals surface area contributed by atoms with Crippen LogP contribution < -0.4 is 0 Å². The van der Waals surface area contributed by atoms with Crippen LogP contribution in [0.1, 0.15) is 32.1 Å². The average Bonchev–Trinajstić information content (AvgIpc) is 2.35. The normalized spacial score (nSPS) is 20.1. The van der Waals surface area contributed by atoms with Crippen molar-refractivity contribution in [2.24, 2.45) is 0 Å². The molecule has 0 aliphatic carbocycles. The molecule has 0 radical (unpaired) electrons. The zero-order chi connectivity index (χ0) is 16.0. The van der Waals surface area contributed by atoms with Crippen molar-refractivity contribution in [1.29, 1.82) is 0 Å². The second-order valence-electron chi connectivity index (χ2n) is 7.08. The van der Waals surface area contributed by atoms with E-state index in [-0.39, 0.29) is 11.7 Å². The van der Waals surface area contributed by atoms with Gasteiger partial charge >= 0.3 is 7.05 Å². The zero-order valence-corrected chi connectivity index (χ0v) is 14.8. The van der Waals surface area contributed by atoms with Gasteiger partial charge in [0.2, 0.25) is 5.91 Å². The predicted molar refractivity (Wildman–Crippen MR) is 89.9 cm³/mol. The Morgan fingerprint density at radius 2 is 2.10 bits per heavy atom. The zero-order valence-electron chi connectivity index (χ0n) is 13.8. The van der Waals surface area contributed by atoms with Crippen LogP contribution in [0.4, 0.5) is 0 Å². The predicted octanol–water partition coefficient (Wildman–Crippen LogP) is 2.72. The van der Waals surface area contributed by atoms with Crippen LogP contribution in [0, 0.1) is 0 Å². The van der Waals surface area contributed by atoms with Crippen molar-refractivity contribution in [1.82, 2.24) is 4.81 Å². The molecule has 1 saturated heterocycles. The fraction of sp³-hybridized carbons (Fsp3) is 0.733. The van der Waals surface area contributed by atoms with Gasteiger partial charge in [-0.05, 0) is 32.1 Å². The lowest BCUT2D eigenvalue weighted by Gasteiger charge is -2.35. The lowest BCUT2D eigenvalue weighted by molar-refractivity contribution is -0.137. The van der Waals surface area contributed by atoms with Crippen molar-refractivity contribution >= 4 is 26.8 Å². The minimum absolute atomic E-state index is 0.0709. The van der Waals surface area contributed by atoms with Crippen LogP contribution in [0.2, 0.25) is 32.5 Å². The summed E-state index contributed by atoms with van der Waals surface area (Å²) in [6.07, 6.45) is 7.28. The minimum atomic E-state index is -1.06. The lowest BCUT2D eigenvalue weighted by atomic mass is 9.78. The van der Waals surface area contributed by atoms with Crippen LogP contribution in [0.5, 0.6) is 0 Å². The highest BCUT2D eigenvalue weighted by atomic mass is 28.3. The summed E-state index contributed by atoms with van der Waals surface area (Å²) >= 11 is 0. The van der Waals surface area contributed by atoms with Gasteiger partial charge in [-0.2, -0.15) is 0 Å². The number of rotatable bonds is 7. The van der Waals surface area contributed by atoms with Gasteiger partial charge < -0.3 is 9.83 Å². The number of piperidine rings is 1. The molecule has 0 aromatic rings. The second-order valence-corrected chi connectivity index (χ2v) is 12.6. The van der Waals surface area contributed by atoms with Gasteiger partial charge in [0.05, 0.1) is 6.04 Å². The van der Waals surface area contributed by atoms with Crippen molar-refractivity contribution in [2.45, 2.75) is 70.7 Å². The summed E-state index contributed by atoms with van der Waals surface area (Å²) < 4.78 is 0. The van der Waals surface area contributed by atoms with Crippen LogP contribution >= 0.6 is 0 Å². The molecular weight excluding hydrogens is 281 g/mol. The topological polar surface area (TPSA) is 57.6 Å². The number of nitrogens with zero attached hydrogens (tertiary/aromatic N) is 1. The second kappa shape index (κ2) is 7.94. The van der Waals surface area contributed by atoms with E-state index in [1.165, 1.54) is 4.81 Å². The molecule has 1 rings (SSSR count). The summed E-state index contributed by atoms with van der Waals surface area (Å²) in [6, 6.07) is 0.694. The average molecular weight is 309 g/mol. The van der Waals surface area contributed by atoms with Gasteiger partial charge in [-0.1, -0.05) is 31.8 Å². The Kier molecular flexibility index (Phi) is 6.87. The third-order valence-electron chi connectivity index (χ3n) is 3.72. The Morgan fingerprint density at radius 3 is 2.67 bits per heavy atom. The van der Waals surface area contributed by atoms with Gasteiger partial charge in [0, 0.05) is 20.9 Å². The van der Waals surface area contributed by atoms with E-state index in [9.17, 15) is 14.6 Å². The monoisotopic (exact) mass is 309 g/mol. The first-order chi connectivity index (χ1) is 9.72. The van der Waals surface area contributed by atoms with Crippen molar-refractivity contribution in [3.8, 4) is 0 Å². The maximum Gasteiger partial charge on any atom is 0.412 e. The molecule has 1 atom stereocenters. The fourth-order valence-corrected chi connectivity index (χ4v) is 3.49. The molecule has 4 nitrogen and oxygen atoms in total. The van der Waals surface area contributed by atoms with Crippen molar-refractivity contribution in [2.75, 3.05) is 0 Å². The Balaban J connectivity index is 2.48. The molecular formula is C15H28BNO3Si. The summed E-state index contributed by atoms with van der Waals surface area (Å²) in [5, 5.41) is 9.71. The van der Waals surface area contributed by atoms with E-state index in [4.69, 9.17) is 0 Å². The van der Waals surface area contributed by atoms with E-state index in [0.29, 0.717) is 19.3 Å². The van der Waals surface area contributed by atoms with Gasteiger partial charge in [-0.25, -0.2) is 0 Å². The number of ketones is 1. The van der Waals surface area contributed by atoms with E-state index >= 15 is 0 Å². The first-order valence-electron chi connectivity index (χ1n) is 7.89. The summed E-state index contributed by atoms with van der Waals surface area (Å²) in [7, 11) is -1.94. The highest BCUT2D eigenvalue weighted by Gasteiger charge is 2.36. The van der Waals surface area contributed by atoms with Crippen LogP contribution in [0.25, 0.3) is 0 Å². The smallest absolute Gasteiger partial charge is 0.412 e. The largest absolute Gasteiger partial charge is 0.432 e. The SMILES string of the molecule is CB(O)N1C(=O)CCC[C@H]1C(=O)CCC=CC[Si](C)(C)C. The summed E-state index contributed by atoms with van der Waals surface area (Å²) in [5.41, 5.74) is 0. The molecule has 0 saturated carbocycles.